The minimum atomic E-state index is -5.08. The first-order chi connectivity index (χ1) is 15.5. The van der Waals surface area contributed by atoms with E-state index in [1.165, 1.54) is 41.6 Å². The quantitative estimate of drug-likeness (QED) is 0.660. The minimum Gasteiger partial charge on any atom is -0.475 e. The molecule has 1 aromatic carbocycles. The first kappa shape index (κ1) is 24.8. The van der Waals surface area contributed by atoms with Crippen LogP contribution in [-0.2, 0) is 22.4 Å². The fourth-order valence-electron chi connectivity index (χ4n) is 4.67. The van der Waals surface area contributed by atoms with E-state index >= 15 is 0 Å². The number of carbonyl (C=O) groups excluding carboxylic acids is 1. The SMILES string of the molecule is Cc1ccccc1-c1n[nH]c2c1CCN(C(=O)C1(C)CCCCC1)CC2.O=C(O)C(F)(F)F. The number of carbonyl (C=O) groups is 2. The van der Waals surface area contributed by atoms with Gasteiger partial charge in [0.1, 0.15) is 0 Å². The van der Waals surface area contributed by atoms with E-state index in [9.17, 15) is 18.0 Å². The average molecular weight is 466 g/mol. The summed E-state index contributed by atoms with van der Waals surface area (Å²) in [5.41, 5.74) is 5.86. The molecule has 9 heteroatoms. The molecule has 2 aliphatic rings. The van der Waals surface area contributed by atoms with E-state index in [2.05, 4.69) is 53.2 Å². The van der Waals surface area contributed by atoms with Crippen molar-refractivity contribution in [1.82, 2.24) is 15.1 Å². The Kier molecular flexibility index (Phi) is 7.49. The summed E-state index contributed by atoms with van der Waals surface area (Å²) < 4.78 is 31.7. The minimum absolute atomic E-state index is 0.145. The number of nitrogens with one attached hydrogen (secondary N) is 1. The van der Waals surface area contributed by atoms with Crippen molar-refractivity contribution < 1.29 is 27.9 Å². The summed E-state index contributed by atoms with van der Waals surface area (Å²) in [6.07, 6.45) is 2.42. The number of carboxylic acids is 1. The Morgan fingerprint density at radius 3 is 2.30 bits per heavy atom. The molecule has 2 heterocycles. The van der Waals surface area contributed by atoms with Crippen LogP contribution in [0.4, 0.5) is 13.2 Å². The van der Waals surface area contributed by atoms with Crippen LogP contribution >= 0.6 is 0 Å². The number of rotatable bonds is 2. The van der Waals surface area contributed by atoms with Crippen molar-refractivity contribution in [2.45, 2.75) is 65.0 Å². The van der Waals surface area contributed by atoms with Crippen molar-refractivity contribution in [2.24, 2.45) is 5.41 Å². The van der Waals surface area contributed by atoms with Crippen molar-refractivity contribution in [1.29, 1.82) is 0 Å². The number of halogens is 3. The number of aryl methyl sites for hydroxylation is 1. The molecule has 2 N–H and O–H groups in total. The van der Waals surface area contributed by atoms with Gasteiger partial charge in [-0.05, 0) is 31.7 Å². The van der Waals surface area contributed by atoms with Crippen LogP contribution in [0.5, 0.6) is 0 Å². The molecule has 1 aliphatic carbocycles. The van der Waals surface area contributed by atoms with E-state index in [0.717, 1.165) is 44.5 Å². The highest BCUT2D eigenvalue weighted by molar-refractivity contribution is 5.82. The molecular formula is C24H30F3N3O3. The lowest BCUT2D eigenvalue weighted by atomic mass is 9.74. The van der Waals surface area contributed by atoms with Crippen LogP contribution in [0.15, 0.2) is 24.3 Å². The predicted octanol–water partition coefficient (Wildman–Crippen LogP) is 4.92. The van der Waals surface area contributed by atoms with Gasteiger partial charge in [0.2, 0.25) is 5.91 Å². The molecule has 0 radical (unpaired) electrons. The van der Waals surface area contributed by atoms with Gasteiger partial charge in [0.15, 0.2) is 0 Å². The molecule has 33 heavy (non-hydrogen) atoms. The van der Waals surface area contributed by atoms with Gasteiger partial charge < -0.3 is 10.0 Å². The predicted molar refractivity (Wildman–Crippen MR) is 118 cm³/mol. The molecule has 0 spiro atoms. The van der Waals surface area contributed by atoms with Gasteiger partial charge in [-0.1, -0.05) is 50.5 Å². The van der Waals surface area contributed by atoms with Crippen molar-refractivity contribution >= 4 is 11.9 Å². The molecule has 1 amide bonds. The molecular weight excluding hydrogens is 435 g/mol. The largest absolute Gasteiger partial charge is 0.490 e. The Morgan fingerprint density at radius 2 is 1.70 bits per heavy atom. The van der Waals surface area contributed by atoms with Crippen molar-refractivity contribution in [3.05, 3.63) is 41.1 Å². The maximum Gasteiger partial charge on any atom is 0.490 e. The third kappa shape index (κ3) is 5.75. The van der Waals surface area contributed by atoms with E-state index in [1.54, 1.807) is 0 Å². The van der Waals surface area contributed by atoms with Crippen LogP contribution in [-0.4, -0.2) is 51.3 Å². The molecule has 0 atom stereocenters. The second kappa shape index (κ2) is 9.97. The van der Waals surface area contributed by atoms with Gasteiger partial charge in [0.05, 0.1) is 5.69 Å². The molecule has 6 nitrogen and oxygen atoms in total. The number of nitrogens with zero attached hydrogens (tertiary/aromatic N) is 2. The summed E-state index contributed by atoms with van der Waals surface area (Å²) in [6.45, 7) is 5.92. The molecule has 0 saturated heterocycles. The van der Waals surface area contributed by atoms with E-state index in [-0.39, 0.29) is 5.41 Å². The van der Waals surface area contributed by atoms with Gasteiger partial charge in [0.25, 0.3) is 0 Å². The lowest BCUT2D eigenvalue weighted by Gasteiger charge is -2.36. The van der Waals surface area contributed by atoms with Crippen LogP contribution in [0.1, 0.15) is 55.8 Å². The molecule has 0 unspecified atom stereocenters. The van der Waals surface area contributed by atoms with Crippen LogP contribution in [0.2, 0.25) is 0 Å². The van der Waals surface area contributed by atoms with Crippen LogP contribution in [0.25, 0.3) is 11.3 Å². The van der Waals surface area contributed by atoms with Crippen LogP contribution in [0, 0.1) is 12.3 Å². The highest BCUT2D eigenvalue weighted by Crippen LogP contribution is 2.38. The zero-order valence-corrected chi connectivity index (χ0v) is 19.0. The Balaban J connectivity index is 0.000000383. The number of alkyl halides is 3. The fraction of sp³-hybridized carbons (Fsp3) is 0.542. The summed E-state index contributed by atoms with van der Waals surface area (Å²) in [5, 5.41) is 15.0. The fourth-order valence-corrected chi connectivity index (χ4v) is 4.67. The maximum absolute atomic E-state index is 13.2. The molecule has 1 aliphatic heterocycles. The van der Waals surface area contributed by atoms with Gasteiger partial charge in [0, 0.05) is 41.7 Å². The molecule has 1 aromatic heterocycles. The number of H-pyrrole nitrogens is 1. The van der Waals surface area contributed by atoms with Gasteiger partial charge in [-0.3, -0.25) is 9.89 Å². The summed E-state index contributed by atoms with van der Waals surface area (Å²) in [4.78, 5) is 24.2. The number of hydrogen-bond donors (Lipinski definition) is 2. The second-order valence-electron chi connectivity index (χ2n) is 9.06. The highest BCUT2D eigenvalue weighted by atomic mass is 19.4. The highest BCUT2D eigenvalue weighted by Gasteiger charge is 2.39. The smallest absolute Gasteiger partial charge is 0.475 e. The zero-order chi connectivity index (χ0) is 24.2. The van der Waals surface area contributed by atoms with Crippen LogP contribution < -0.4 is 0 Å². The first-order valence-corrected chi connectivity index (χ1v) is 11.2. The number of amides is 1. The molecule has 1 saturated carbocycles. The molecule has 1 fully saturated rings. The van der Waals surface area contributed by atoms with Crippen molar-refractivity contribution in [2.75, 3.05) is 13.1 Å². The van der Waals surface area contributed by atoms with Crippen LogP contribution in [0.3, 0.4) is 0 Å². The topological polar surface area (TPSA) is 86.3 Å². The van der Waals surface area contributed by atoms with E-state index in [4.69, 9.17) is 9.90 Å². The number of carboxylic acid groups (broad SMARTS) is 1. The number of aromatic nitrogens is 2. The number of fused-ring (bicyclic) bond motifs is 1. The Bertz CT molecular complexity index is 994. The molecule has 0 bridgehead atoms. The van der Waals surface area contributed by atoms with Gasteiger partial charge >= 0.3 is 12.1 Å². The van der Waals surface area contributed by atoms with Gasteiger partial charge in [-0.15, -0.1) is 0 Å². The third-order valence-corrected chi connectivity index (χ3v) is 6.62. The molecule has 2 aromatic rings. The van der Waals surface area contributed by atoms with Gasteiger partial charge in [-0.2, -0.15) is 18.3 Å². The summed E-state index contributed by atoms with van der Waals surface area (Å²) in [7, 11) is 0. The molecule has 180 valence electrons. The number of aliphatic carboxylic acids is 1. The van der Waals surface area contributed by atoms with E-state index < -0.39 is 12.1 Å². The standard InChI is InChI=1S/C22H29N3O.C2HF3O2/c1-16-8-4-5-9-17(16)20-18-10-14-25(15-11-19(18)23-24-20)21(26)22(2)12-6-3-7-13-22;3-2(4,5)1(6)7/h4-5,8-9H,3,6-7,10-15H2,1-2H3,(H,23,24);(H,6,7). The lowest BCUT2D eigenvalue weighted by Crippen LogP contribution is -2.44. The normalized spacial score (nSPS) is 17.9. The number of aromatic amines is 1. The number of benzene rings is 1. The Morgan fingerprint density at radius 1 is 1.09 bits per heavy atom. The summed E-state index contributed by atoms with van der Waals surface area (Å²) in [5.74, 6) is -2.39. The van der Waals surface area contributed by atoms with Crippen molar-refractivity contribution in [3.8, 4) is 11.3 Å². The maximum atomic E-state index is 13.2. The average Bonchev–Trinajstić information content (AvgIpc) is 3.04. The second-order valence-corrected chi connectivity index (χ2v) is 9.06. The third-order valence-electron chi connectivity index (χ3n) is 6.62. The van der Waals surface area contributed by atoms with E-state index in [0.29, 0.717) is 5.91 Å². The monoisotopic (exact) mass is 465 g/mol. The number of hydrogen-bond acceptors (Lipinski definition) is 3. The summed E-state index contributed by atoms with van der Waals surface area (Å²) in [6, 6.07) is 8.41. The zero-order valence-electron chi connectivity index (χ0n) is 19.0. The van der Waals surface area contributed by atoms with Gasteiger partial charge in [-0.25, -0.2) is 4.79 Å². The summed E-state index contributed by atoms with van der Waals surface area (Å²) >= 11 is 0. The molecule has 4 rings (SSSR count). The van der Waals surface area contributed by atoms with E-state index in [1.807, 2.05) is 0 Å². The lowest BCUT2D eigenvalue weighted by molar-refractivity contribution is -0.192. The first-order valence-electron chi connectivity index (χ1n) is 11.2. The Hall–Kier alpha value is -2.84. The van der Waals surface area contributed by atoms with Crippen molar-refractivity contribution in [3.63, 3.8) is 0 Å². The Labute approximate surface area is 191 Å².